The zero-order chi connectivity index (χ0) is 15.4. The first-order valence-corrected chi connectivity index (χ1v) is 7.17. The summed E-state index contributed by atoms with van der Waals surface area (Å²) in [6.45, 7) is 1.94. The lowest BCUT2D eigenvalue weighted by atomic mass is 10.2. The summed E-state index contributed by atoms with van der Waals surface area (Å²) in [6.07, 6.45) is 1.18. The SMILES string of the molecule is CC(Oc1cccc2[nH]ccc12)C(=O)OCc1ccccc1. The van der Waals surface area contributed by atoms with E-state index in [-0.39, 0.29) is 12.6 Å². The fourth-order valence-electron chi connectivity index (χ4n) is 2.24. The van der Waals surface area contributed by atoms with Crippen LogP contribution in [0.2, 0.25) is 0 Å². The molecule has 3 rings (SSSR count). The van der Waals surface area contributed by atoms with Crippen LogP contribution in [0.1, 0.15) is 12.5 Å². The van der Waals surface area contributed by atoms with Gasteiger partial charge in [0.1, 0.15) is 12.4 Å². The van der Waals surface area contributed by atoms with Crippen LogP contribution in [0.25, 0.3) is 10.9 Å². The van der Waals surface area contributed by atoms with E-state index in [9.17, 15) is 4.79 Å². The van der Waals surface area contributed by atoms with Crippen LogP contribution >= 0.6 is 0 Å². The zero-order valence-corrected chi connectivity index (χ0v) is 12.3. The highest BCUT2D eigenvalue weighted by molar-refractivity contribution is 5.86. The second-order valence-corrected chi connectivity index (χ2v) is 5.05. The Balaban J connectivity index is 1.63. The molecule has 1 aromatic heterocycles. The van der Waals surface area contributed by atoms with E-state index in [1.54, 1.807) is 6.92 Å². The van der Waals surface area contributed by atoms with Crippen molar-refractivity contribution in [2.75, 3.05) is 0 Å². The number of esters is 1. The predicted molar refractivity (Wildman–Crippen MR) is 84.6 cm³/mol. The van der Waals surface area contributed by atoms with Gasteiger partial charge in [-0.2, -0.15) is 0 Å². The van der Waals surface area contributed by atoms with Crippen molar-refractivity contribution in [3.63, 3.8) is 0 Å². The van der Waals surface area contributed by atoms with Crippen LogP contribution in [0.15, 0.2) is 60.8 Å². The van der Waals surface area contributed by atoms with E-state index in [1.165, 1.54) is 0 Å². The number of hydrogen-bond donors (Lipinski definition) is 1. The molecular weight excluding hydrogens is 278 g/mol. The average Bonchev–Trinajstić information content (AvgIpc) is 3.03. The molecule has 1 atom stereocenters. The summed E-state index contributed by atoms with van der Waals surface area (Å²) in [5, 5.41) is 0.949. The van der Waals surface area contributed by atoms with Crippen molar-refractivity contribution < 1.29 is 14.3 Å². The molecule has 0 radical (unpaired) electrons. The molecule has 1 N–H and O–H groups in total. The molecule has 4 heteroatoms. The van der Waals surface area contributed by atoms with Gasteiger partial charge >= 0.3 is 5.97 Å². The van der Waals surface area contributed by atoms with E-state index in [0.29, 0.717) is 5.75 Å². The van der Waals surface area contributed by atoms with E-state index in [0.717, 1.165) is 16.5 Å². The highest BCUT2D eigenvalue weighted by atomic mass is 16.6. The van der Waals surface area contributed by atoms with Gasteiger partial charge in [0.15, 0.2) is 6.10 Å². The molecule has 1 unspecified atom stereocenters. The molecule has 0 aliphatic rings. The molecule has 0 bridgehead atoms. The van der Waals surface area contributed by atoms with Gasteiger partial charge in [-0.15, -0.1) is 0 Å². The first-order chi connectivity index (χ1) is 10.7. The van der Waals surface area contributed by atoms with E-state index < -0.39 is 6.10 Å². The van der Waals surface area contributed by atoms with Gasteiger partial charge in [-0.05, 0) is 30.7 Å². The van der Waals surface area contributed by atoms with Crippen LogP contribution in [-0.4, -0.2) is 17.1 Å². The standard InChI is InChI=1S/C18H17NO3/c1-13(18(20)21-12-14-6-3-2-4-7-14)22-17-9-5-8-16-15(17)10-11-19-16/h2-11,13,19H,12H2,1H3. The Hall–Kier alpha value is -2.75. The number of fused-ring (bicyclic) bond motifs is 1. The predicted octanol–water partition coefficient (Wildman–Crippen LogP) is 3.68. The molecule has 1 heterocycles. The zero-order valence-electron chi connectivity index (χ0n) is 12.3. The minimum absolute atomic E-state index is 0.252. The molecule has 0 aliphatic heterocycles. The fourth-order valence-corrected chi connectivity index (χ4v) is 2.24. The summed E-state index contributed by atoms with van der Waals surface area (Å²) in [5.74, 6) is 0.291. The van der Waals surface area contributed by atoms with Crippen molar-refractivity contribution in [1.82, 2.24) is 4.98 Å². The summed E-state index contributed by atoms with van der Waals surface area (Å²) in [5.41, 5.74) is 1.93. The third kappa shape index (κ3) is 3.11. The van der Waals surface area contributed by atoms with Crippen molar-refractivity contribution in [2.45, 2.75) is 19.6 Å². The highest BCUT2D eigenvalue weighted by Crippen LogP contribution is 2.25. The van der Waals surface area contributed by atoms with Gasteiger partial charge < -0.3 is 14.5 Å². The first-order valence-electron chi connectivity index (χ1n) is 7.17. The molecule has 112 valence electrons. The molecule has 3 aromatic rings. The molecule has 0 aliphatic carbocycles. The van der Waals surface area contributed by atoms with E-state index in [1.807, 2.05) is 60.8 Å². The number of nitrogens with one attached hydrogen (secondary N) is 1. The lowest BCUT2D eigenvalue weighted by Gasteiger charge is -2.14. The molecule has 4 nitrogen and oxygen atoms in total. The van der Waals surface area contributed by atoms with E-state index >= 15 is 0 Å². The van der Waals surface area contributed by atoms with Crippen molar-refractivity contribution in [1.29, 1.82) is 0 Å². The van der Waals surface area contributed by atoms with Crippen molar-refractivity contribution >= 4 is 16.9 Å². The Bertz CT molecular complexity index is 764. The molecule has 0 amide bonds. The summed E-state index contributed by atoms with van der Waals surface area (Å²) >= 11 is 0. The fraction of sp³-hybridized carbons (Fsp3) is 0.167. The average molecular weight is 295 g/mol. The number of aromatic amines is 1. The van der Waals surface area contributed by atoms with Crippen molar-refractivity contribution in [2.24, 2.45) is 0 Å². The van der Waals surface area contributed by atoms with Crippen LogP contribution in [0.3, 0.4) is 0 Å². The van der Waals surface area contributed by atoms with Gasteiger partial charge in [0, 0.05) is 17.1 Å². The van der Waals surface area contributed by atoms with Gasteiger partial charge in [0.2, 0.25) is 0 Å². The lowest BCUT2D eigenvalue weighted by molar-refractivity contribution is -0.152. The maximum absolute atomic E-state index is 12.0. The van der Waals surface area contributed by atoms with Gasteiger partial charge in [0.25, 0.3) is 0 Å². The molecule has 2 aromatic carbocycles. The molecule has 0 fully saturated rings. The summed E-state index contributed by atoms with van der Waals surface area (Å²) in [6, 6.07) is 17.2. The first kappa shape index (κ1) is 14.2. The van der Waals surface area contributed by atoms with Crippen molar-refractivity contribution in [3.05, 3.63) is 66.4 Å². The number of carbonyl (C=O) groups is 1. The molecule has 22 heavy (non-hydrogen) atoms. The topological polar surface area (TPSA) is 51.3 Å². The second kappa shape index (κ2) is 6.35. The van der Waals surface area contributed by atoms with Gasteiger partial charge in [-0.3, -0.25) is 0 Å². The number of hydrogen-bond acceptors (Lipinski definition) is 3. The Morgan fingerprint density at radius 1 is 1.09 bits per heavy atom. The number of rotatable bonds is 5. The Morgan fingerprint density at radius 2 is 1.91 bits per heavy atom. The Morgan fingerprint density at radius 3 is 2.73 bits per heavy atom. The van der Waals surface area contributed by atoms with E-state index in [4.69, 9.17) is 9.47 Å². The van der Waals surface area contributed by atoms with Crippen molar-refractivity contribution in [3.8, 4) is 5.75 Å². The number of ether oxygens (including phenoxy) is 2. The molecule has 0 saturated carbocycles. The van der Waals surface area contributed by atoms with Crippen LogP contribution in [0, 0.1) is 0 Å². The van der Waals surface area contributed by atoms with Gasteiger partial charge in [-0.1, -0.05) is 36.4 Å². The molecular formula is C18H17NO3. The largest absolute Gasteiger partial charge is 0.478 e. The highest BCUT2D eigenvalue weighted by Gasteiger charge is 2.17. The third-order valence-electron chi connectivity index (χ3n) is 3.41. The number of benzene rings is 2. The normalized spacial score (nSPS) is 12.0. The molecule has 0 spiro atoms. The summed E-state index contributed by atoms with van der Waals surface area (Å²) in [7, 11) is 0. The van der Waals surface area contributed by atoms with Crippen LogP contribution in [0.4, 0.5) is 0 Å². The summed E-state index contributed by atoms with van der Waals surface area (Å²) in [4.78, 5) is 15.2. The van der Waals surface area contributed by atoms with E-state index in [2.05, 4.69) is 4.98 Å². The quantitative estimate of drug-likeness (QED) is 0.730. The van der Waals surface area contributed by atoms with Crippen LogP contribution in [0.5, 0.6) is 5.75 Å². The third-order valence-corrected chi connectivity index (χ3v) is 3.41. The van der Waals surface area contributed by atoms with Crippen LogP contribution in [-0.2, 0) is 16.1 Å². The maximum atomic E-state index is 12.0. The lowest BCUT2D eigenvalue weighted by Crippen LogP contribution is -2.26. The second-order valence-electron chi connectivity index (χ2n) is 5.05. The molecule has 0 saturated heterocycles. The van der Waals surface area contributed by atoms with Gasteiger partial charge in [-0.25, -0.2) is 4.79 Å². The minimum atomic E-state index is -0.663. The van der Waals surface area contributed by atoms with Crippen LogP contribution < -0.4 is 4.74 Å². The number of carbonyl (C=O) groups excluding carboxylic acids is 1. The number of H-pyrrole nitrogens is 1. The Kier molecular flexibility index (Phi) is 4.10. The Labute approximate surface area is 128 Å². The monoisotopic (exact) mass is 295 g/mol. The minimum Gasteiger partial charge on any atom is -0.478 e. The van der Waals surface area contributed by atoms with Gasteiger partial charge in [0.05, 0.1) is 0 Å². The maximum Gasteiger partial charge on any atom is 0.347 e. The smallest absolute Gasteiger partial charge is 0.347 e. The number of aromatic nitrogens is 1. The summed E-state index contributed by atoms with van der Waals surface area (Å²) < 4.78 is 11.0.